The van der Waals surface area contributed by atoms with E-state index in [2.05, 4.69) is 16.8 Å². The van der Waals surface area contributed by atoms with Gasteiger partial charge in [0.1, 0.15) is 11.5 Å². The van der Waals surface area contributed by atoms with Crippen molar-refractivity contribution >= 4 is 23.4 Å². The molecular weight excluding hydrogens is 428 g/mol. The molecule has 0 N–H and O–H groups in total. The van der Waals surface area contributed by atoms with E-state index in [1.165, 1.54) is 0 Å². The van der Waals surface area contributed by atoms with Crippen molar-refractivity contribution in [2.45, 2.75) is 25.7 Å². The van der Waals surface area contributed by atoms with E-state index in [0.717, 1.165) is 54.1 Å². The topological polar surface area (TPSA) is 69.5 Å². The molecule has 3 aromatic carbocycles. The van der Waals surface area contributed by atoms with E-state index < -0.39 is 0 Å². The standard InChI is InChI=1S/C28H30N2O4/c1-3-22-8-10-23(11-9-22)28(31)34-21-7-5-4-6-20-33-27-18-14-25(15-19-27)30-29-24-12-16-26(32-2)17-13-24/h3,8-19H,1,4-7,20-21H2,2H3. The van der Waals surface area contributed by atoms with Gasteiger partial charge in [0.05, 0.1) is 37.3 Å². The third-order valence-corrected chi connectivity index (χ3v) is 5.11. The van der Waals surface area contributed by atoms with Crippen LogP contribution in [0.3, 0.4) is 0 Å². The highest BCUT2D eigenvalue weighted by Crippen LogP contribution is 2.23. The van der Waals surface area contributed by atoms with Crippen LogP contribution in [0.1, 0.15) is 41.6 Å². The number of carbonyl (C=O) groups excluding carboxylic acids is 1. The molecule has 0 atom stereocenters. The Morgan fingerprint density at radius 3 is 1.88 bits per heavy atom. The van der Waals surface area contributed by atoms with Crippen molar-refractivity contribution in [1.82, 2.24) is 0 Å². The Labute approximate surface area is 200 Å². The summed E-state index contributed by atoms with van der Waals surface area (Å²) in [5.41, 5.74) is 3.06. The summed E-state index contributed by atoms with van der Waals surface area (Å²) in [6.45, 7) is 4.77. The second kappa shape index (κ2) is 13.6. The Balaban J connectivity index is 1.26. The Morgan fingerprint density at radius 2 is 1.32 bits per heavy atom. The normalized spacial score (nSPS) is 10.7. The first-order valence-corrected chi connectivity index (χ1v) is 11.4. The van der Waals surface area contributed by atoms with Crippen LogP contribution in [0.4, 0.5) is 11.4 Å². The lowest BCUT2D eigenvalue weighted by molar-refractivity contribution is 0.0497. The highest BCUT2D eigenvalue weighted by atomic mass is 16.5. The number of unbranched alkanes of at least 4 members (excludes halogenated alkanes) is 3. The molecule has 0 spiro atoms. The number of hydrogen-bond donors (Lipinski definition) is 0. The quantitative estimate of drug-likeness (QED) is 0.151. The molecule has 176 valence electrons. The molecule has 0 aromatic heterocycles. The molecule has 0 radical (unpaired) electrons. The maximum atomic E-state index is 12.0. The van der Waals surface area contributed by atoms with Crippen molar-refractivity contribution < 1.29 is 19.0 Å². The van der Waals surface area contributed by atoms with Crippen LogP contribution in [-0.4, -0.2) is 26.3 Å². The molecule has 0 unspecified atom stereocenters. The van der Waals surface area contributed by atoms with E-state index in [4.69, 9.17) is 14.2 Å². The molecule has 6 heteroatoms. The van der Waals surface area contributed by atoms with Crippen molar-refractivity contribution in [2.75, 3.05) is 20.3 Å². The average Bonchev–Trinajstić information content (AvgIpc) is 2.90. The summed E-state index contributed by atoms with van der Waals surface area (Å²) >= 11 is 0. The fraction of sp³-hybridized carbons (Fsp3) is 0.250. The lowest BCUT2D eigenvalue weighted by Crippen LogP contribution is -2.06. The van der Waals surface area contributed by atoms with Crippen LogP contribution in [0.5, 0.6) is 11.5 Å². The highest BCUT2D eigenvalue weighted by molar-refractivity contribution is 5.89. The first-order chi connectivity index (χ1) is 16.7. The Hall–Kier alpha value is -3.93. The maximum Gasteiger partial charge on any atom is 0.338 e. The first-order valence-electron chi connectivity index (χ1n) is 11.4. The van der Waals surface area contributed by atoms with Crippen molar-refractivity contribution in [1.29, 1.82) is 0 Å². The highest BCUT2D eigenvalue weighted by Gasteiger charge is 2.06. The van der Waals surface area contributed by atoms with Gasteiger partial charge >= 0.3 is 5.97 Å². The van der Waals surface area contributed by atoms with Gasteiger partial charge in [-0.05, 0) is 91.9 Å². The molecule has 6 nitrogen and oxygen atoms in total. The average molecular weight is 459 g/mol. The van der Waals surface area contributed by atoms with Crippen molar-refractivity contribution in [2.24, 2.45) is 10.2 Å². The fourth-order valence-corrected chi connectivity index (χ4v) is 3.12. The van der Waals surface area contributed by atoms with Gasteiger partial charge in [-0.2, -0.15) is 10.2 Å². The number of esters is 1. The summed E-state index contributed by atoms with van der Waals surface area (Å²) < 4.78 is 16.3. The Bertz CT molecular complexity index is 1060. The maximum absolute atomic E-state index is 12.0. The van der Waals surface area contributed by atoms with E-state index >= 15 is 0 Å². The number of azo groups is 1. The van der Waals surface area contributed by atoms with Gasteiger partial charge in [-0.1, -0.05) is 24.8 Å². The minimum atomic E-state index is -0.286. The number of methoxy groups -OCH3 is 1. The van der Waals surface area contributed by atoms with Crippen molar-refractivity contribution in [3.8, 4) is 11.5 Å². The van der Waals surface area contributed by atoms with Crippen LogP contribution >= 0.6 is 0 Å². The van der Waals surface area contributed by atoms with Gasteiger partial charge in [-0.25, -0.2) is 4.79 Å². The lowest BCUT2D eigenvalue weighted by Gasteiger charge is -2.07. The molecule has 0 aliphatic carbocycles. The van der Waals surface area contributed by atoms with Gasteiger partial charge < -0.3 is 14.2 Å². The predicted molar refractivity (Wildman–Crippen MR) is 134 cm³/mol. The molecular formula is C28H30N2O4. The van der Waals surface area contributed by atoms with Gasteiger partial charge in [-0.15, -0.1) is 0 Å². The summed E-state index contributed by atoms with van der Waals surface area (Å²) in [7, 11) is 1.63. The van der Waals surface area contributed by atoms with E-state index in [0.29, 0.717) is 18.8 Å². The summed E-state index contributed by atoms with van der Waals surface area (Å²) in [6, 6.07) is 22.2. The number of carbonyl (C=O) groups is 1. The van der Waals surface area contributed by atoms with Gasteiger partial charge in [0.2, 0.25) is 0 Å². The number of hydrogen-bond acceptors (Lipinski definition) is 6. The predicted octanol–water partition coefficient (Wildman–Crippen LogP) is 7.55. The van der Waals surface area contributed by atoms with E-state index in [-0.39, 0.29) is 5.97 Å². The minimum Gasteiger partial charge on any atom is -0.497 e. The molecule has 0 saturated heterocycles. The zero-order valence-corrected chi connectivity index (χ0v) is 19.5. The van der Waals surface area contributed by atoms with Crippen LogP contribution in [0, 0.1) is 0 Å². The summed E-state index contributed by atoms with van der Waals surface area (Å²) in [6.07, 6.45) is 5.52. The molecule has 0 saturated carbocycles. The summed E-state index contributed by atoms with van der Waals surface area (Å²) in [5, 5.41) is 8.46. The molecule has 0 aliphatic heterocycles. The van der Waals surface area contributed by atoms with Gasteiger partial charge in [0, 0.05) is 0 Å². The molecule has 3 rings (SSSR count). The van der Waals surface area contributed by atoms with E-state index in [9.17, 15) is 4.79 Å². The Morgan fingerprint density at radius 1 is 0.765 bits per heavy atom. The van der Waals surface area contributed by atoms with Crippen molar-refractivity contribution in [3.63, 3.8) is 0 Å². The second-order valence-corrected chi connectivity index (χ2v) is 7.62. The third kappa shape index (κ3) is 8.20. The third-order valence-electron chi connectivity index (χ3n) is 5.11. The molecule has 0 aliphatic rings. The second-order valence-electron chi connectivity index (χ2n) is 7.62. The van der Waals surface area contributed by atoms with Crippen LogP contribution in [-0.2, 0) is 4.74 Å². The van der Waals surface area contributed by atoms with Crippen molar-refractivity contribution in [3.05, 3.63) is 90.5 Å². The van der Waals surface area contributed by atoms with Crippen LogP contribution in [0.15, 0.2) is 89.6 Å². The number of ether oxygens (including phenoxy) is 3. The molecule has 3 aromatic rings. The molecule has 0 amide bonds. The zero-order valence-electron chi connectivity index (χ0n) is 19.5. The van der Waals surface area contributed by atoms with Crippen LogP contribution < -0.4 is 9.47 Å². The van der Waals surface area contributed by atoms with Gasteiger partial charge in [0.25, 0.3) is 0 Å². The first kappa shape index (κ1) is 24.7. The fourth-order valence-electron chi connectivity index (χ4n) is 3.12. The monoisotopic (exact) mass is 458 g/mol. The molecule has 0 heterocycles. The smallest absolute Gasteiger partial charge is 0.338 e. The lowest BCUT2D eigenvalue weighted by atomic mass is 10.1. The van der Waals surface area contributed by atoms with E-state index in [1.807, 2.05) is 60.7 Å². The number of nitrogens with zero attached hydrogens (tertiary/aromatic N) is 2. The molecule has 0 bridgehead atoms. The van der Waals surface area contributed by atoms with Gasteiger partial charge in [0.15, 0.2) is 0 Å². The summed E-state index contributed by atoms with van der Waals surface area (Å²) in [4.78, 5) is 12.0. The van der Waals surface area contributed by atoms with Gasteiger partial charge in [-0.3, -0.25) is 0 Å². The number of rotatable bonds is 13. The molecule has 34 heavy (non-hydrogen) atoms. The molecule has 0 fully saturated rings. The number of benzene rings is 3. The zero-order chi connectivity index (χ0) is 24.0. The Kier molecular flexibility index (Phi) is 9.87. The van der Waals surface area contributed by atoms with Crippen LogP contribution in [0.2, 0.25) is 0 Å². The summed E-state index contributed by atoms with van der Waals surface area (Å²) in [5.74, 6) is 1.31. The van der Waals surface area contributed by atoms with Crippen LogP contribution in [0.25, 0.3) is 6.08 Å². The van der Waals surface area contributed by atoms with E-state index in [1.54, 1.807) is 25.3 Å². The minimum absolute atomic E-state index is 0.286. The SMILES string of the molecule is C=Cc1ccc(C(=O)OCCCCCCOc2ccc(N=Nc3ccc(OC)cc3)cc2)cc1. The largest absolute Gasteiger partial charge is 0.497 e.